The van der Waals surface area contributed by atoms with E-state index >= 15 is 0 Å². The summed E-state index contributed by atoms with van der Waals surface area (Å²) in [5.41, 5.74) is 2.93. The van der Waals surface area contributed by atoms with Crippen LogP contribution in [0.25, 0.3) is 0 Å². The SMILES string of the molecule is CCOc1ccc(CC(=O)Nc2ccc(N3CC(C)OCC3C)cc2)cc1. The summed E-state index contributed by atoms with van der Waals surface area (Å²) in [6.07, 6.45) is 0.571. The fourth-order valence-corrected chi connectivity index (χ4v) is 3.26. The van der Waals surface area contributed by atoms with Crippen molar-refractivity contribution in [1.82, 2.24) is 0 Å². The Bertz CT molecular complexity index is 743. The number of ether oxygens (including phenoxy) is 2. The fraction of sp³-hybridized carbons (Fsp3) is 0.409. The van der Waals surface area contributed by atoms with Crippen molar-refractivity contribution >= 4 is 17.3 Å². The molecule has 0 saturated carbocycles. The minimum Gasteiger partial charge on any atom is -0.494 e. The zero-order valence-corrected chi connectivity index (χ0v) is 16.3. The number of hydrogen-bond acceptors (Lipinski definition) is 4. The molecule has 5 nitrogen and oxygen atoms in total. The molecule has 1 aliphatic rings. The van der Waals surface area contributed by atoms with Crippen LogP contribution in [0.3, 0.4) is 0 Å². The minimum absolute atomic E-state index is 0.0275. The molecule has 1 heterocycles. The first-order valence-corrected chi connectivity index (χ1v) is 9.55. The van der Waals surface area contributed by atoms with Gasteiger partial charge in [-0.25, -0.2) is 0 Å². The van der Waals surface area contributed by atoms with Crippen LogP contribution in [0.4, 0.5) is 11.4 Å². The predicted molar refractivity (Wildman–Crippen MR) is 109 cm³/mol. The summed E-state index contributed by atoms with van der Waals surface area (Å²) in [6.45, 7) is 8.46. The van der Waals surface area contributed by atoms with Crippen LogP contribution in [0.15, 0.2) is 48.5 Å². The zero-order valence-electron chi connectivity index (χ0n) is 16.3. The van der Waals surface area contributed by atoms with Crippen molar-refractivity contribution in [2.75, 3.05) is 30.0 Å². The Kier molecular flexibility index (Phi) is 6.35. The Balaban J connectivity index is 1.56. The molecule has 1 saturated heterocycles. The highest BCUT2D eigenvalue weighted by Crippen LogP contribution is 2.23. The second kappa shape index (κ2) is 8.91. The molecule has 0 bridgehead atoms. The number of anilines is 2. The van der Waals surface area contributed by atoms with Crippen molar-refractivity contribution in [3.05, 3.63) is 54.1 Å². The number of morpholine rings is 1. The Morgan fingerprint density at radius 3 is 2.52 bits per heavy atom. The monoisotopic (exact) mass is 368 g/mol. The molecule has 1 fully saturated rings. The number of carbonyl (C=O) groups excluding carboxylic acids is 1. The number of rotatable bonds is 6. The molecule has 2 aromatic rings. The van der Waals surface area contributed by atoms with E-state index < -0.39 is 0 Å². The number of amides is 1. The molecule has 2 atom stereocenters. The largest absolute Gasteiger partial charge is 0.494 e. The normalized spacial score (nSPS) is 19.6. The van der Waals surface area contributed by atoms with Crippen molar-refractivity contribution in [3.8, 4) is 5.75 Å². The average Bonchev–Trinajstić information content (AvgIpc) is 2.66. The summed E-state index contributed by atoms with van der Waals surface area (Å²) in [4.78, 5) is 14.7. The molecule has 27 heavy (non-hydrogen) atoms. The van der Waals surface area contributed by atoms with Crippen LogP contribution >= 0.6 is 0 Å². The van der Waals surface area contributed by atoms with Crippen LogP contribution in [0.1, 0.15) is 26.3 Å². The Morgan fingerprint density at radius 1 is 1.15 bits per heavy atom. The molecule has 0 aromatic heterocycles. The van der Waals surface area contributed by atoms with Gasteiger partial charge < -0.3 is 19.7 Å². The van der Waals surface area contributed by atoms with E-state index in [0.29, 0.717) is 19.1 Å². The number of carbonyl (C=O) groups is 1. The van der Waals surface area contributed by atoms with Gasteiger partial charge in [-0.3, -0.25) is 4.79 Å². The summed E-state index contributed by atoms with van der Waals surface area (Å²) >= 11 is 0. The highest BCUT2D eigenvalue weighted by atomic mass is 16.5. The molecule has 0 spiro atoms. The van der Waals surface area contributed by atoms with E-state index in [1.807, 2.05) is 43.3 Å². The zero-order chi connectivity index (χ0) is 19.2. The van der Waals surface area contributed by atoms with Crippen molar-refractivity contribution in [2.24, 2.45) is 0 Å². The van der Waals surface area contributed by atoms with E-state index in [2.05, 4.69) is 36.2 Å². The molecule has 2 aromatic carbocycles. The maximum atomic E-state index is 12.3. The van der Waals surface area contributed by atoms with Gasteiger partial charge in [0, 0.05) is 24.0 Å². The summed E-state index contributed by atoms with van der Waals surface area (Å²) in [7, 11) is 0. The highest BCUT2D eigenvalue weighted by molar-refractivity contribution is 5.92. The van der Waals surface area contributed by atoms with Crippen LogP contribution in [-0.2, 0) is 16.0 Å². The number of hydrogen-bond donors (Lipinski definition) is 1. The maximum absolute atomic E-state index is 12.3. The van der Waals surface area contributed by atoms with Crippen LogP contribution in [0.5, 0.6) is 5.75 Å². The van der Waals surface area contributed by atoms with E-state index in [4.69, 9.17) is 9.47 Å². The first-order chi connectivity index (χ1) is 13.0. The van der Waals surface area contributed by atoms with E-state index in [1.54, 1.807) is 0 Å². The topological polar surface area (TPSA) is 50.8 Å². The standard InChI is InChI=1S/C22H28N2O3/c1-4-26-21-11-5-18(6-12-21)13-22(25)23-19-7-9-20(10-8-19)24-14-17(3)27-15-16(24)2/h5-12,16-17H,4,13-15H2,1-3H3,(H,23,25). The Labute approximate surface area is 161 Å². The van der Waals surface area contributed by atoms with Crippen LogP contribution < -0.4 is 15.0 Å². The molecule has 5 heteroatoms. The van der Waals surface area contributed by atoms with Gasteiger partial charge in [0.05, 0.1) is 25.7 Å². The molecule has 0 radical (unpaired) electrons. The van der Waals surface area contributed by atoms with Crippen LogP contribution in [0.2, 0.25) is 0 Å². The second-order valence-corrected chi connectivity index (χ2v) is 6.99. The molecule has 2 unspecified atom stereocenters. The van der Waals surface area contributed by atoms with Gasteiger partial charge in [-0.15, -0.1) is 0 Å². The quantitative estimate of drug-likeness (QED) is 0.841. The second-order valence-electron chi connectivity index (χ2n) is 6.99. The van der Waals surface area contributed by atoms with Gasteiger partial charge in [0.2, 0.25) is 5.91 Å². The summed E-state index contributed by atoms with van der Waals surface area (Å²) < 4.78 is 11.1. The third kappa shape index (κ3) is 5.23. The molecule has 144 valence electrons. The first kappa shape index (κ1) is 19.2. The van der Waals surface area contributed by atoms with E-state index in [1.165, 1.54) is 0 Å². The summed E-state index contributed by atoms with van der Waals surface area (Å²) in [5.74, 6) is 0.796. The smallest absolute Gasteiger partial charge is 0.228 e. The summed E-state index contributed by atoms with van der Waals surface area (Å²) in [6, 6.07) is 16.0. The maximum Gasteiger partial charge on any atom is 0.228 e. The number of nitrogens with one attached hydrogen (secondary N) is 1. The van der Waals surface area contributed by atoms with Crippen molar-refractivity contribution in [3.63, 3.8) is 0 Å². The van der Waals surface area contributed by atoms with Crippen molar-refractivity contribution in [1.29, 1.82) is 0 Å². The van der Waals surface area contributed by atoms with Crippen molar-refractivity contribution in [2.45, 2.75) is 39.3 Å². The lowest BCUT2D eigenvalue weighted by molar-refractivity contribution is -0.115. The van der Waals surface area contributed by atoms with Gasteiger partial charge in [0.1, 0.15) is 5.75 Å². The van der Waals surface area contributed by atoms with E-state index in [9.17, 15) is 4.79 Å². The van der Waals surface area contributed by atoms with Crippen molar-refractivity contribution < 1.29 is 14.3 Å². The lowest BCUT2D eigenvalue weighted by Crippen LogP contribution is -2.47. The van der Waals surface area contributed by atoms with Gasteiger partial charge in [-0.1, -0.05) is 12.1 Å². The number of benzene rings is 2. The number of nitrogens with zero attached hydrogens (tertiary/aromatic N) is 1. The minimum atomic E-state index is -0.0275. The molecular weight excluding hydrogens is 340 g/mol. The fourth-order valence-electron chi connectivity index (χ4n) is 3.26. The highest BCUT2D eigenvalue weighted by Gasteiger charge is 2.23. The molecular formula is C22H28N2O3. The summed E-state index contributed by atoms with van der Waals surface area (Å²) in [5, 5.41) is 2.97. The van der Waals surface area contributed by atoms with Gasteiger partial charge in [-0.2, -0.15) is 0 Å². The van der Waals surface area contributed by atoms with Gasteiger partial charge >= 0.3 is 0 Å². The molecule has 0 aliphatic carbocycles. The van der Waals surface area contributed by atoms with Gasteiger partial charge in [0.15, 0.2) is 0 Å². The Hall–Kier alpha value is -2.53. The van der Waals surface area contributed by atoms with E-state index in [-0.39, 0.29) is 12.0 Å². The van der Waals surface area contributed by atoms with Gasteiger partial charge in [-0.05, 0) is 62.7 Å². The predicted octanol–water partition coefficient (Wildman–Crippen LogP) is 3.88. The van der Waals surface area contributed by atoms with E-state index in [0.717, 1.165) is 35.8 Å². The molecule has 1 N–H and O–H groups in total. The van der Waals surface area contributed by atoms with Gasteiger partial charge in [0.25, 0.3) is 0 Å². The third-order valence-electron chi connectivity index (χ3n) is 4.69. The van der Waals surface area contributed by atoms with Crippen LogP contribution in [-0.4, -0.2) is 37.8 Å². The van der Waals surface area contributed by atoms with Crippen LogP contribution in [0, 0.1) is 0 Å². The first-order valence-electron chi connectivity index (χ1n) is 9.55. The third-order valence-corrected chi connectivity index (χ3v) is 4.69. The Morgan fingerprint density at radius 2 is 1.85 bits per heavy atom. The lowest BCUT2D eigenvalue weighted by Gasteiger charge is -2.38. The lowest BCUT2D eigenvalue weighted by atomic mass is 10.1. The molecule has 1 amide bonds. The molecule has 1 aliphatic heterocycles. The average molecular weight is 368 g/mol. The molecule has 3 rings (SSSR count).